The maximum Gasteiger partial charge on any atom is 0.130 e. The predicted molar refractivity (Wildman–Crippen MR) is 45.6 cm³/mol. The summed E-state index contributed by atoms with van der Waals surface area (Å²) >= 11 is 0. The van der Waals surface area contributed by atoms with Gasteiger partial charge in [-0.05, 0) is 25.7 Å². The quantitative estimate of drug-likeness (QED) is 0.553. The van der Waals surface area contributed by atoms with E-state index in [0.717, 1.165) is 19.4 Å². The fourth-order valence-corrected chi connectivity index (χ4v) is 1.17. The third kappa shape index (κ3) is 7.53. The highest BCUT2D eigenvalue weighted by Crippen LogP contribution is 2.09. The molecule has 0 rings (SSSR count). The lowest BCUT2D eigenvalue weighted by Crippen LogP contribution is -2.02. The smallest absolute Gasteiger partial charge is 0.130 e. The Morgan fingerprint density at radius 2 is 2.18 bits per heavy atom. The van der Waals surface area contributed by atoms with Crippen LogP contribution in [0.5, 0.6) is 0 Å². The molecule has 0 bridgehead atoms. The van der Waals surface area contributed by atoms with Crippen molar-refractivity contribution < 1.29 is 9.53 Å². The number of methoxy groups -OCH3 is 1. The van der Waals surface area contributed by atoms with Crippen LogP contribution in [0.2, 0.25) is 0 Å². The van der Waals surface area contributed by atoms with Gasteiger partial charge in [-0.2, -0.15) is 0 Å². The second-order valence-electron chi connectivity index (χ2n) is 3.15. The molecule has 2 nitrogen and oxygen atoms in total. The Kier molecular flexibility index (Phi) is 6.13. The van der Waals surface area contributed by atoms with Crippen molar-refractivity contribution in [1.29, 1.82) is 0 Å². The summed E-state index contributed by atoms with van der Waals surface area (Å²) in [5.74, 6) is 0.803. The summed E-state index contributed by atoms with van der Waals surface area (Å²) in [7, 11) is 1.70. The number of ether oxygens (including phenoxy) is 1. The summed E-state index contributed by atoms with van der Waals surface area (Å²) < 4.78 is 4.91. The number of ketones is 1. The molecule has 11 heavy (non-hydrogen) atoms. The fraction of sp³-hybridized carbons (Fsp3) is 0.889. The van der Waals surface area contributed by atoms with E-state index in [0.29, 0.717) is 12.3 Å². The predicted octanol–water partition coefficient (Wildman–Crippen LogP) is 2.03. The van der Waals surface area contributed by atoms with Gasteiger partial charge >= 0.3 is 0 Å². The zero-order valence-electron chi connectivity index (χ0n) is 7.72. The molecule has 0 amide bonds. The largest absolute Gasteiger partial charge is 0.385 e. The van der Waals surface area contributed by atoms with Gasteiger partial charge in [-0.15, -0.1) is 0 Å². The van der Waals surface area contributed by atoms with Gasteiger partial charge < -0.3 is 9.53 Å². The molecular formula is C9H18O2. The Bertz CT molecular complexity index is 110. The average molecular weight is 158 g/mol. The van der Waals surface area contributed by atoms with Crippen LogP contribution in [-0.2, 0) is 9.53 Å². The minimum atomic E-state index is 0.287. The van der Waals surface area contributed by atoms with Crippen molar-refractivity contribution in [3.63, 3.8) is 0 Å². The minimum Gasteiger partial charge on any atom is -0.385 e. The zero-order chi connectivity index (χ0) is 8.69. The Labute approximate surface area is 68.9 Å². The molecule has 0 radical (unpaired) electrons. The SMILES string of the molecule is COCCCC(C)CC(C)=O. The maximum absolute atomic E-state index is 10.7. The van der Waals surface area contributed by atoms with Crippen LogP contribution in [0.4, 0.5) is 0 Å². The number of hydrogen-bond acceptors (Lipinski definition) is 2. The standard InChI is InChI=1S/C9H18O2/c1-8(7-9(2)10)5-4-6-11-3/h8H,4-7H2,1-3H3. The van der Waals surface area contributed by atoms with Gasteiger partial charge in [0.2, 0.25) is 0 Å². The van der Waals surface area contributed by atoms with Crippen LogP contribution in [0.1, 0.15) is 33.1 Å². The topological polar surface area (TPSA) is 26.3 Å². The van der Waals surface area contributed by atoms with Crippen LogP contribution in [-0.4, -0.2) is 19.5 Å². The molecule has 0 aliphatic rings. The number of Topliss-reactive ketones (excluding diaryl/α,β-unsaturated/α-hetero) is 1. The average Bonchev–Trinajstić information content (AvgIpc) is 1.86. The second-order valence-corrected chi connectivity index (χ2v) is 3.15. The van der Waals surface area contributed by atoms with Gasteiger partial charge in [-0.1, -0.05) is 6.92 Å². The third-order valence-electron chi connectivity index (χ3n) is 1.68. The lowest BCUT2D eigenvalue weighted by molar-refractivity contribution is -0.117. The van der Waals surface area contributed by atoms with Crippen LogP contribution >= 0.6 is 0 Å². The fourth-order valence-electron chi connectivity index (χ4n) is 1.17. The Hall–Kier alpha value is -0.370. The van der Waals surface area contributed by atoms with E-state index in [1.165, 1.54) is 0 Å². The van der Waals surface area contributed by atoms with Gasteiger partial charge in [0.1, 0.15) is 5.78 Å². The van der Waals surface area contributed by atoms with E-state index >= 15 is 0 Å². The summed E-state index contributed by atoms with van der Waals surface area (Å²) in [5.41, 5.74) is 0. The molecule has 66 valence electrons. The van der Waals surface area contributed by atoms with Gasteiger partial charge in [0, 0.05) is 20.1 Å². The summed E-state index contributed by atoms with van der Waals surface area (Å²) in [6.07, 6.45) is 2.86. The normalized spacial score (nSPS) is 13.0. The van der Waals surface area contributed by atoms with Crippen LogP contribution in [0.25, 0.3) is 0 Å². The maximum atomic E-state index is 10.7. The number of hydrogen-bond donors (Lipinski definition) is 0. The molecule has 0 saturated heterocycles. The van der Waals surface area contributed by atoms with E-state index in [-0.39, 0.29) is 5.78 Å². The molecule has 0 aromatic carbocycles. The van der Waals surface area contributed by atoms with Gasteiger partial charge in [0.15, 0.2) is 0 Å². The first-order valence-electron chi connectivity index (χ1n) is 4.15. The monoisotopic (exact) mass is 158 g/mol. The molecule has 0 fully saturated rings. The van der Waals surface area contributed by atoms with E-state index in [1.54, 1.807) is 14.0 Å². The molecule has 0 aromatic heterocycles. The molecular weight excluding hydrogens is 140 g/mol. The molecule has 1 unspecified atom stereocenters. The molecule has 0 heterocycles. The van der Waals surface area contributed by atoms with Crippen LogP contribution in [0.15, 0.2) is 0 Å². The van der Waals surface area contributed by atoms with Crippen molar-refractivity contribution in [3.8, 4) is 0 Å². The lowest BCUT2D eigenvalue weighted by Gasteiger charge is -2.07. The molecule has 0 aliphatic heterocycles. The van der Waals surface area contributed by atoms with Crippen LogP contribution in [0.3, 0.4) is 0 Å². The van der Waals surface area contributed by atoms with Gasteiger partial charge in [0.25, 0.3) is 0 Å². The molecule has 2 heteroatoms. The van der Waals surface area contributed by atoms with E-state index < -0.39 is 0 Å². The van der Waals surface area contributed by atoms with Crippen molar-refractivity contribution in [2.75, 3.05) is 13.7 Å². The van der Waals surface area contributed by atoms with Gasteiger partial charge in [-0.25, -0.2) is 0 Å². The first-order chi connectivity index (χ1) is 5.16. The van der Waals surface area contributed by atoms with Gasteiger partial charge in [0.05, 0.1) is 0 Å². The van der Waals surface area contributed by atoms with Crippen molar-refractivity contribution in [2.24, 2.45) is 5.92 Å². The van der Waals surface area contributed by atoms with Crippen molar-refractivity contribution >= 4 is 5.78 Å². The lowest BCUT2D eigenvalue weighted by atomic mass is 10.0. The molecule has 0 aromatic rings. The molecule has 0 spiro atoms. The van der Waals surface area contributed by atoms with Crippen molar-refractivity contribution in [1.82, 2.24) is 0 Å². The Morgan fingerprint density at radius 3 is 2.64 bits per heavy atom. The number of rotatable bonds is 6. The van der Waals surface area contributed by atoms with Gasteiger partial charge in [-0.3, -0.25) is 0 Å². The van der Waals surface area contributed by atoms with E-state index in [1.807, 2.05) is 0 Å². The van der Waals surface area contributed by atoms with E-state index in [2.05, 4.69) is 6.92 Å². The Balaban J connectivity index is 3.22. The zero-order valence-corrected chi connectivity index (χ0v) is 7.72. The van der Waals surface area contributed by atoms with Crippen molar-refractivity contribution in [3.05, 3.63) is 0 Å². The highest BCUT2D eigenvalue weighted by molar-refractivity contribution is 5.75. The van der Waals surface area contributed by atoms with Crippen molar-refractivity contribution in [2.45, 2.75) is 33.1 Å². The summed E-state index contributed by atoms with van der Waals surface area (Å²) in [5, 5.41) is 0. The van der Waals surface area contributed by atoms with Crippen LogP contribution in [0, 0.1) is 5.92 Å². The molecule has 0 saturated carbocycles. The minimum absolute atomic E-state index is 0.287. The highest BCUT2D eigenvalue weighted by atomic mass is 16.5. The highest BCUT2D eigenvalue weighted by Gasteiger charge is 2.03. The van der Waals surface area contributed by atoms with Crippen LogP contribution < -0.4 is 0 Å². The Morgan fingerprint density at radius 1 is 1.55 bits per heavy atom. The second kappa shape index (κ2) is 6.35. The summed E-state index contributed by atoms with van der Waals surface area (Å²) in [6.45, 7) is 4.56. The third-order valence-corrected chi connectivity index (χ3v) is 1.68. The molecule has 0 aliphatic carbocycles. The number of carbonyl (C=O) groups excluding carboxylic acids is 1. The molecule has 1 atom stereocenters. The first-order valence-corrected chi connectivity index (χ1v) is 4.15. The van der Waals surface area contributed by atoms with E-state index in [4.69, 9.17) is 4.74 Å². The van der Waals surface area contributed by atoms with E-state index in [9.17, 15) is 4.79 Å². The summed E-state index contributed by atoms with van der Waals surface area (Å²) in [6, 6.07) is 0. The first kappa shape index (κ1) is 10.6. The molecule has 0 N–H and O–H groups in total. The summed E-state index contributed by atoms with van der Waals surface area (Å²) in [4.78, 5) is 10.7. The number of carbonyl (C=O) groups is 1.